The van der Waals surface area contributed by atoms with E-state index in [1.54, 1.807) is 17.0 Å². The summed E-state index contributed by atoms with van der Waals surface area (Å²) in [4.78, 5) is 8.00. The van der Waals surface area contributed by atoms with E-state index in [4.69, 9.17) is 23.2 Å². The molecule has 2 rings (SSSR count). The number of aryl methyl sites for hydroxylation is 1. The van der Waals surface area contributed by atoms with Gasteiger partial charge in [-0.3, -0.25) is 0 Å². The summed E-state index contributed by atoms with van der Waals surface area (Å²) in [5, 5.41) is 0.753. The van der Waals surface area contributed by atoms with Crippen LogP contribution in [0.3, 0.4) is 0 Å². The zero-order valence-electron chi connectivity index (χ0n) is 6.25. The van der Waals surface area contributed by atoms with Crippen LogP contribution in [-0.2, 0) is 7.05 Å². The van der Waals surface area contributed by atoms with Gasteiger partial charge in [0.2, 0.25) is 0 Å². The van der Waals surface area contributed by atoms with Gasteiger partial charge < -0.3 is 4.57 Å². The number of hydrogen-bond acceptors (Lipinski definition) is 2. The molecule has 0 amide bonds. The molecule has 0 aliphatic rings. The fourth-order valence-electron chi connectivity index (χ4n) is 1.10. The van der Waals surface area contributed by atoms with E-state index in [2.05, 4.69) is 9.97 Å². The maximum absolute atomic E-state index is 5.85. The van der Waals surface area contributed by atoms with Gasteiger partial charge in [-0.2, -0.15) is 0 Å². The standard InChI is InChI=1S/C7H5Cl2N3/c1-12-3-10-4-2-5(8)11-7(9)6(4)12/h2-3H,1H3. The lowest BCUT2D eigenvalue weighted by Crippen LogP contribution is -1.87. The zero-order valence-corrected chi connectivity index (χ0v) is 7.76. The number of imidazole rings is 1. The molecule has 0 radical (unpaired) electrons. The van der Waals surface area contributed by atoms with Crippen molar-refractivity contribution in [3.8, 4) is 0 Å². The molecule has 0 aliphatic heterocycles. The van der Waals surface area contributed by atoms with Gasteiger partial charge in [0.15, 0.2) is 5.15 Å². The zero-order chi connectivity index (χ0) is 8.72. The molecule has 0 atom stereocenters. The van der Waals surface area contributed by atoms with Crippen LogP contribution in [0.2, 0.25) is 10.3 Å². The van der Waals surface area contributed by atoms with Crippen LogP contribution >= 0.6 is 23.2 Å². The molecule has 2 heterocycles. The van der Waals surface area contributed by atoms with Crippen molar-refractivity contribution >= 4 is 34.2 Å². The molecule has 0 N–H and O–H groups in total. The van der Waals surface area contributed by atoms with Crippen LogP contribution in [0.25, 0.3) is 11.0 Å². The van der Waals surface area contributed by atoms with E-state index < -0.39 is 0 Å². The highest BCUT2D eigenvalue weighted by atomic mass is 35.5. The number of aromatic nitrogens is 3. The summed E-state index contributed by atoms with van der Waals surface area (Å²) in [6, 6.07) is 1.68. The molecule has 62 valence electrons. The number of rotatable bonds is 0. The summed E-state index contributed by atoms with van der Waals surface area (Å²) in [5.74, 6) is 0. The molecular formula is C7H5Cl2N3. The smallest absolute Gasteiger partial charge is 0.156 e. The minimum atomic E-state index is 0.367. The SMILES string of the molecule is Cn1cnc2cc(Cl)nc(Cl)c21. The third-order valence-corrected chi connectivity index (χ3v) is 2.08. The fraction of sp³-hybridized carbons (Fsp3) is 0.143. The lowest BCUT2D eigenvalue weighted by Gasteiger charge is -1.96. The number of nitrogens with zero attached hydrogens (tertiary/aromatic N) is 3. The highest BCUT2D eigenvalue weighted by molar-refractivity contribution is 6.36. The maximum atomic E-state index is 5.85. The first-order valence-electron chi connectivity index (χ1n) is 3.31. The second-order valence-electron chi connectivity index (χ2n) is 2.46. The van der Waals surface area contributed by atoms with E-state index in [1.807, 2.05) is 7.05 Å². The molecule has 2 aromatic rings. The fourth-order valence-corrected chi connectivity index (χ4v) is 1.65. The van der Waals surface area contributed by atoms with Crippen LogP contribution in [0.15, 0.2) is 12.4 Å². The van der Waals surface area contributed by atoms with Gasteiger partial charge in [0.1, 0.15) is 10.7 Å². The quantitative estimate of drug-likeness (QED) is 0.613. The second-order valence-corrected chi connectivity index (χ2v) is 3.20. The summed E-state index contributed by atoms with van der Waals surface area (Å²) >= 11 is 11.5. The van der Waals surface area contributed by atoms with Crippen molar-refractivity contribution in [2.24, 2.45) is 7.05 Å². The second kappa shape index (κ2) is 2.61. The first-order chi connectivity index (χ1) is 5.68. The summed E-state index contributed by atoms with van der Waals surface area (Å²) in [6.45, 7) is 0. The molecule has 0 spiro atoms. The molecule has 3 nitrogen and oxygen atoms in total. The Morgan fingerprint density at radius 1 is 1.42 bits per heavy atom. The molecule has 0 bridgehead atoms. The lowest BCUT2D eigenvalue weighted by molar-refractivity contribution is 0.945. The Labute approximate surface area is 78.9 Å². The molecule has 0 saturated heterocycles. The van der Waals surface area contributed by atoms with Crippen molar-refractivity contribution in [1.82, 2.24) is 14.5 Å². The van der Waals surface area contributed by atoms with Crippen LogP contribution < -0.4 is 0 Å². The maximum Gasteiger partial charge on any atom is 0.156 e. The van der Waals surface area contributed by atoms with Crippen molar-refractivity contribution in [2.75, 3.05) is 0 Å². The van der Waals surface area contributed by atoms with Gasteiger partial charge in [-0.1, -0.05) is 23.2 Å². The minimum Gasteiger partial charge on any atom is -0.331 e. The van der Waals surface area contributed by atoms with Crippen molar-refractivity contribution < 1.29 is 0 Å². The van der Waals surface area contributed by atoms with Crippen LogP contribution in [0.5, 0.6) is 0 Å². The molecule has 0 aromatic carbocycles. The first kappa shape index (κ1) is 7.83. The van der Waals surface area contributed by atoms with Gasteiger partial charge >= 0.3 is 0 Å². The van der Waals surface area contributed by atoms with Gasteiger partial charge in [-0.15, -0.1) is 0 Å². The summed E-state index contributed by atoms with van der Waals surface area (Å²) < 4.78 is 1.81. The molecule has 0 aliphatic carbocycles. The number of fused-ring (bicyclic) bond motifs is 1. The average Bonchev–Trinajstić information content (AvgIpc) is 2.31. The highest BCUT2D eigenvalue weighted by Gasteiger charge is 2.06. The largest absolute Gasteiger partial charge is 0.331 e. The number of pyridine rings is 1. The Bertz CT molecular complexity index is 435. The third-order valence-electron chi connectivity index (χ3n) is 1.62. The third kappa shape index (κ3) is 1.06. The van der Waals surface area contributed by atoms with Gasteiger partial charge in [-0.05, 0) is 0 Å². The Morgan fingerprint density at radius 3 is 2.92 bits per heavy atom. The summed E-state index contributed by atoms with van der Waals surface area (Å²) in [7, 11) is 1.86. The van der Waals surface area contributed by atoms with E-state index >= 15 is 0 Å². The Kier molecular flexibility index (Phi) is 1.70. The molecule has 12 heavy (non-hydrogen) atoms. The highest BCUT2D eigenvalue weighted by Crippen LogP contribution is 2.22. The van der Waals surface area contributed by atoms with E-state index in [9.17, 15) is 0 Å². The topological polar surface area (TPSA) is 30.7 Å². The number of hydrogen-bond donors (Lipinski definition) is 0. The van der Waals surface area contributed by atoms with Crippen LogP contribution in [-0.4, -0.2) is 14.5 Å². The number of halogens is 2. The van der Waals surface area contributed by atoms with E-state index in [-0.39, 0.29) is 0 Å². The van der Waals surface area contributed by atoms with Crippen molar-refractivity contribution in [3.63, 3.8) is 0 Å². The molecule has 0 unspecified atom stereocenters. The summed E-state index contributed by atoms with van der Waals surface area (Å²) in [6.07, 6.45) is 1.68. The molecule has 5 heteroatoms. The van der Waals surface area contributed by atoms with Crippen LogP contribution in [0.1, 0.15) is 0 Å². The van der Waals surface area contributed by atoms with Crippen molar-refractivity contribution in [3.05, 3.63) is 22.7 Å². The Balaban J connectivity index is 2.93. The van der Waals surface area contributed by atoms with Gasteiger partial charge in [0, 0.05) is 13.1 Å². The van der Waals surface area contributed by atoms with Crippen molar-refractivity contribution in [2.45, 2.75) is 0 Å². The molecule has 0 fully saturated rings. The van der Waals surface area contributed by atoms with E-state index in [0.29, 0.717) is 10.3 Å². The molecule has 0 saturated carbocycles. The van der Waals surface area contributed by atoms with Crippen LogP contribution in [0, 0.1) is 0 Å². The van der Waals surface area contributed by atoms with Gasteiger partial charge in [-0.25, -0.2) is 9.97 Å². The van der Waals surface area contributed by atoms with E-state index in [0.717, 1.165) is 11.0 Å². The minimum absolute atomic E-state index is 0.367. The van der Waals surface area contributed by atoms with Gasteiger partial charge in [0.05, 0.1) is 11.8 Å². The summed E-state index contributed by atoms with van der Waals surface area (Å²) in [5.41, 5.74) is 1.57. The van der Waals surface area contributed by atoms with E-state index in [1.165, 1.54) is 0 Å². The predicted octanol–water partition coefficient (Wildman–Crippen LogP) is 2.28. The van der Waals surface area contributed by atoms with Crippen LogP contribution in [0.4, 0.5) is 0 Å². The Hall–Kier alpha value is -0.800. The molecule has 2 aromatic heterocycles. The normalized spacial score (nSPS) is 10.9. The lowest BCUT2D eigenvalue weighted by atomic mass is 10.4. The monoisotopic (exact) mass is 201 g/mol. The molecular weight excluding hydrogens is 197 g/mol. The van der Waals surface area contributed by atoms with Crippen molar-refractivity contribution in [1.29, 1.82) is 0 Å². The Morgan fingerprint density at radius 2 is 2.17 bits per heavy atom. The average molecular weight is 202 g/mol. The first-order valence-corrected chi connectivity index (χ1v) is 4.07. The predicted molar refractivity (Wildman–Crippen MR) is 48.5 cm³/mol. The van der Waals surface area contributed by atoms with Gasteiger partial charge in [0.25, 0.3) is 0 Å².